The summed E-state index contributed by atoms with van der Waals surface area (Å²) >= 11 is 0. The topological polar surface area (TPSA) is 91.4 Å². The van der Waals surface area contributed by atoms with E-state index in [4.69, 9.17) is 15.9 Å². The first-order valence-corrected chi connectivity index (χ1v) is 11.0. The Kier molecular flexibility index (Phi) is 6.03. The molecule has 1 aliphatic carbocycles. The first-order valence-electron chi connectivity index (χ1n) is 11.0. The number of ether oxygens (including phenoxy) is 1. The fourth-order valence-electron chi connectivity index (χ4n) is 4.10. The van der Waals surface area contributed by atoms with Crippen molar-refractivity contribution in [1.82, 2.24) is 14.9 Å². The Labute approximate surface area is 187 Å². The number of alkyl halides is 2. The molecule has 32 heavy (non-hydrogen) atoms. The molecule has 1 unspecified atom stereocenters. The Morgan fingerprint density at radius 3 is 2.66 bits per heavy atom. The molecule has 0 amide bonds. The Morgan fingerprint density at radius 2 is 2.00 bits per heavy atom. The van der Waals surface area contributed by atoms with Crippen molar-refractivity contribution >= 4 is 17.2 Å². The minimum Gasteiger partial charge on any atom is -0.488 e. The van der Waals surface area contributed by atoms with Gasteiger partial charge in [0.25, 0.3) is 6.43 Å². The minimum atomic E-state index is -2.37. The van der Waals surface area contributed by atoms with Crippen LogP contribution in [0, 0.1) is 5.41 Å². The molecular formula is C23H30F2N6O. The van der Waals surface area contributed by atoms with Crippen LogP contribution in [-0.2, 0) is 0 Å². The maximum Gasteiger partial charge on any atom is 0.253 e. The van der Waals surface area contributed by atoms with Gasteiger partial charge in [0.05, 0.1) is 17.4 Å². The molecule has 2 heterocycles. The van der Waals surface area contributed by atoms with Crippen molar-refractivity contribution in [1.29, 1.82) is 5.41 Å². The summed E-state index contributed by atoms with van der Waals surface area (Å²) in [5.41, 5.74) is 7.71. The molecule has 1 saturated carbocycles. The second-order valence-electron chi connectivity index (χ2n) is 9.05. The zero-order valence-corrected chi connectivity index (χ0v) is 18.7. The zero-order chi connectivity index (χ0) is 23.0. The lowest BCUT2D eigenvalue weighted by atomic mass is 10.0. The van der Waals surface area contributed by atoms with E-state index in [0.717, 1.165) is 12.8 Å². The van der Waals surface area contributed by atoms with Gasteiger partial charge in [-0.15, -0.1) is 0 Å². The molecule has 1 aromatic carbocycles. The smallest absolute Gasteiger partial charge is 0.253 e. The van der Waals surface area contributed by atoms with Gasteiger partial charge in [0.1, 0.15) is 23.5 Å². The van der Waals surface area contributed by atoms with E-state index in [9.17, 15) is 8.78 Å². The Balaban J connectivity index is 1.51. The fourth-order valence-corrected chi connectivity index (χ4v) is 4.10. The number of aromatic nitrogens is 2. The normalized spacial score (nSPS) is 21.4. The van der Waals surface area contributed by atoms with Crippen LogP contribution in [0.15, 0.2) is 30.6 Å². The predicted molar refractivity (Wildman–Crippen MR) is 121 cm³/mol. The number of hydrogen-bond donors (Lipinski definition) is 2. The lowest BCUT2D eigenvalue weighted by Crippen LogP contribution is -2.56. The van der Waals surface area contributed by atoms with Crippen molar-refractivity contribution in [3.63, 3.8) is 0 Å². The van der Waals surface area contributed by atoms with E-state index < -0.39 is 12.5 Å². The molecule has 0 radical (unpaired) electrons. The lowest BCUT2D eigenvalue weighted by molar-refractivity contribution is 0.0112. The SMILES string of the molecule is CC(C(F)F)N1CCN(c2cc(C(=N)c3cc(OC4(C)CC4)ccc3N)ncn2)C[C@H]1C. The van der Waals surface area contributed by atoms with Crippen LogP contribution in [0.2, 0.25) is 0 Å². The van der Waals surface area contributed by atoms with Crippen LogP contribution in [0.4, 0.5) is 20.3 Å². The molecule has 7 nitrogen and oxygen atoms in total. The van der Waals surface area contributed by atoms with Crippen LogP contribution in [-0.4, -0.2) is 64.3 Å². The number of nitrogens with two attached hydrogens (primary N) is 1. The van der Waals surface area contributed by atoms with E-state index in [1.54, 1.807) is 25.1 Å². The number of nitrogens with one attached hydrogen (secondary N) is 1. The van der Waals surface area contributed by atoms with Gasteiger partial charge in [-0.25, -0.2) is 18.7 Å². The molecule has 172 valence electrons. The van der Waals surface area contributed by atoms with Crippen molar-refractivity contribution in [3.05, 3.63) is 41.9 Å². The van der Waals surface area contributed by atoms with Gasteiger partial charge in [-0.2, -0.15) is 0 Å². The first-order chi connectivity index (χ1) is 15.2. The molecule has 3 N–H and O–H groups in total. The summed E-state index contributed by atoms with van der Waals surface area (Å²) in [6, 6.07) is 6.29. The van der Waals surface area contributed by atoms with Crippen LogP contribution in [0.5, 0.6) is 5.75 Å². The summed E-state index contributed by atoms with van der Waals surface area (Å²) < 4.78 is 32.3. The highest BCUT2D eigenvalue weighted by molar-refractivity contribution is 6.13. The highest BCUT2D eigenvalue weighted by Gasteiger charge is 2.40. The van der Waals surface area contributed by atoms with Gasteiger partial charge in [0, 0.05) is 43.0 Å². The molecule has 1 aliphatic heterocycles. The van der Waals surface area contributed by atoms with Gasteiger partial charge in [-0.3, -0.25) is 10.3 Å². The van der Waals surface area contributed by atoms with Crippen LogP contribution in [0.1, 0.15) is 44.9 Å². The van der Waals surface area contributed by atoms with E-state index in [-0.39, 0.29) is 17.4 Å². The number of hydrogen-bond acceptors (Lipinski definition) is 7. The Bertz CT molecular complexity index is 996. The van der Waals surface area contributed by atoms with E-state index in [2.05, 4.69) is 21.8 Å². The number of nitrogens with zero attached hydrogens (tertiary/aromatic N) is 4. The summed E-state index contributed by atoms with van der Waals surface area (Å²) in [5.74, 6) is 1.36. The quantitative estimate of drug-likeness (QED) is 0.501. The predicted octanol–water partition coefficient (Wildman–Crippen LogP) is 3.57. The molecule has 0 bridgehead atoms. The van der Waals surface area contributed by atoms with E-state index >= 15 is 0 Å². The number of benzene rings is 1. The monoisotopic (exact) mass is 444 g/mol. The van der Waals surface area contributed by atoms with Crippen molar-refractivity contribution in [3.8, 4) is 5.75 Å². The standard InChI is InChI=1S/C23H30F2N6O/c1-14-12-30(8-9-31(14)15(2)22(24)25)20-11-19(28-13-29-20)21(27)17-10-16(4-5-18(17)26)32-23(3)6-7-23/h4-5,10-11,13-15,22,27H,6-9,12,26H2,1-3H3/t14-,15?/m1/s1. The summed E-state index contributed by atoms with van der Waals surface area (Å²) in [6.45, 7) is 7.25. The van der Waals surface area contributed by atoms with Gasteiger partial charge >= 0.3 is 0 Å². The number of anilines is 2. The van der Waals surface area contributed by atoms with Crippen LogP contribution >= 0.6 is 0 Å². The Morgan fingerprint density at radius 1 is 1.25 bits per heavy atom. The number of rotatable bonds is 7. The molecule has 2 atom stereocenters. The van der Waals surface area contributed by atoms with Crippen molar-refractivity contribution < 1.29 is 13.5 Å². The van der Waals surface area contributed by atoms with E-state index in [1.165, 1.54) is 6.33 Å². The molecule has 1 saturated heterocycles. The summed E-state index contributed by atoms with van der Waals surface area (Å²) in [5, 5.41) is 8.70. The molecular weight excluding hydrogens is 414 g/mol. The fraction of sp³-hybridized carbons (Fsp3) is 0.522. The summed E-state index contributed by atoms with van der Waals surface area (Å²) in [7, 11) is 0. The Hall–Kier alpha value is -2.81. The second kappa shape index (κ2) is 8.61. The maximum absolute atomic E-state index is 13.1. The molecule has 2 aliphatic rings. The zero-order valence-electron chi connectivity index (χ0n) is 18.7. The van der Waals surface area contributed by atoms with Gasteiger partial charge in [0.2, 0.25) is 0 Å². The number of piperazine rings is 1. The molecule has 0 spiro atoms. The first kappa shape index (κ1) is 22.4. The van der Waals surface area contributed by atoms with E-state index in [1.807, 2.05) is 17.9 Å². The molecule has 9 heteroatoms. The molecule has 2 aromatic rings. The van der Waals surface area contributed by atoms with E-state index in [0.29, 0.717) is 48.1 Å². The third-order valence-corrected chi connectivity index (χ3v) is 6.41. The molecule has 4 rings (SSSR count). The van der Waals surface area contributed by atoms with Crippen molar-refractivity contribution in [2.24, 2.45) is 0 Å². The average molecular weight is 445 g/mol. The third-order valence-electron chi connectivity index (χ3n) is 6.41. The summed E-state index contributed by atoms with van der Waals surface area (Å²) in [6.07, 6.45) is 1.09. The van der Waals surface area contributed by atoms with Gasteiger partial charge in [-0.05, 0) is 51.8 Å². The lowest BCUT2D eigenvalue weighted by Gasteiger charge is -2.43. The third kappa shape index (κ3) is 4.67. The molecule has 1 aromatic heterocycles. The highest BCUT2D eigenvalue weighted by atomic mass is 19.3. The maximum atomic E-state index is 13.1. The van der Waals surface area contributed by atoms with Gasteiger partial charge in [0.15, 0.2) is 0 Å². The highest BCUT2D eigenvalue weighted by Crippen LogP contribution is 2.40. The second-order valence-corrected chi connectivity index (χ2v) is 9.05. The van der Waals surface area contributed by atoms with Crippen molar-refractivity contribution in [2.45, 2.75) is 57.7 Å². The van der Waals surface area contributed by atoms with Crippen LogP contribution < -0.4 is 15.4 Å². The number of halogens is 2. The largest absolute Gasteiger partial charge is 0.488 e. The van der Waals surface area contributed by atoms with Gasteiger partial charge < -0.3 is 15.4 Å². The van der Waals surface area contributed by atoms with Crippen molar-refractivity contribution in [2.75, 3.05) is 30.3 Å². The van der Waals surface area contributed by atoms with Crippen LogP contribution in [0.3, 0.4) is 0 Å². The number of nitrogen functional groups attached to an aromatic ring is 1. The summed E-state index contributed by atoms with van der Waals surface area (Å²) in [4.78, 5) is 12.5. The van der Waals surface area contributed by atoms with Gasteiger partial charge in [-0.1, -0.05) is 0 Å². The average Bonchev–Trinajstić information content (AvgIpc) is 3.50. The molecule has 2 fully saturated rings. The van der Waals surface area contributed by atoms with Crippen LogP contribution in [0.25, 0.3) is 0 Å². The minimum absolute atomic E-state index is 0.0427.